The van der Waals surface area contributed by atoms with Gasteiger partial charge >= 0.3 is 0 Å². The van der Waals surface area contributed by atoms with Crippen molar-refractivity contribution in [3.8, 4) is 0 Å². The summed E-state index contributed by atoms with van der Waals surface area (Å²) in [5.41, 5.74) is 0.0310. The number of rotatable bonds is 10. The molecule has 0 bridgehead atoms. The van der Waals surface area contributed by atoms with Gasteiger partial charge in [0.15, 0.2) is 12.1 Å². The molecular formula is C21H30O7. The molecule has 2 heterocycles. The molecule has 0 unspecified atom stereocenters. The molecule has 0 spiro atoms. The van der Waals surface area contributed by atoms with Crippen molar-refractivity contribution in [3.05, 3.63) is 48.6 Å². The maximum atomic E-state index is 10.4. The second-order valence-corrected chi connectivity index (χ2v) is 7.57. The van der Waals surface area contributed by atoms with E-state index in [0.29, 0.717) is 19.6 Å². The Labute approximate surface area is 165 Å². The van der Waals surface area contributed by atoms with Crippen LogP contribution in [0.2, 0.25) is 0 Å². The van der Waals surface area contributed by atoms with Crippen LogP contribution in [0.4, 0.5) is 0 Å². The second kappa shape index (κ2) is 9.00. The Kier molecular flexibility index (Phi) is 6.88. The standard InChI is InChI=1S/C21H30O7/c1-4-11-25-21(10-12-24-14-15-8-6-5-7-9-15)17(16(23)13-22)26-19-18(21)27-20(2,3)28-19/h4-9,16-19,22-23H,1,10-14H2,2-3H3/t16-,17-,18+,19-,21-/m1/s1. The highest BCUT2D eigenvalue weighted by molar-refractivity contribution is 5.13. The number of hydrogen-bond donors (Lipinski definition) is 2. The highest BCUT2D eigenvalue weighted by atomic mass is 16.8. The summed E-state index contributed by atoms with van der Waals surface area (Å²) >= 11 is 0. The first-order chi connectivity index (χ1) is 13.4. The second-order valence-electron chi connectivity index (χ2n) is 7.57. The van der Waals surface area contributed by atoms with E-state index in [1.807, 2.05) is 30.3 Å². The van der Waals surface area contributed by atoms with E-state index in [1.54, 1.807) is 19.9 Å². The summed E-state index contributed by atoms with van der Waals surface area (Å²) < 4.78 is 29.8. The third-order valence-electron chi connectivity index (χ3n) is 5.06. The first kappa shape index (κ1) is 21.4. The first-order valence-corrected chi connectivity index (χ1v) is 9.58. The Bertz CT molecular complexity index is 635. The maximum absolute atomic E-state index is 10.4. The Morgan fingerprint density at radius 2 is 2.00 bits per heavy atom. The zero-order valence-electron chi connectivity index (χ0n) is 16.5. The van der Waals surface area contributed by atoms with Crippen molar-refractivity contribution in [2.45, 2.75) is 62.9 Å². The monoisotopic (exact) mass is 394 g/mol. The van der Waals surface area contributed by atoms with Gasteiger partial charge in [-0.25, -0.2) is 0 Å². The average Bonchev–Trinajstić information content (AvgIpc) is 3.14. The van der Waals surface area contributed by atoms with Crippen molar-refractivity contribution in [2.24, 2.45) is 0 Å². The lowest BCUT2D eigenvalue weighted by Crippen LogP contribution is -2.56. The summed E-state index contributed by atoms with van der Waals surface area (Å²) in [7, 11) is 0. The quantitative estimate of drug-likeness (QED) is 0.462. The van der Waals surface area contributed by atoms with Crippen LogP contribution in [0.5, 0.6) is 0 Å². The molecule has 0 aliphatic carbocycles. The van der Waals surface area contributed by atoms with Crippen molar-refractivity contribution in [3.63, 3.8) is 0 Å². The molecule has 2 aliphatic heterocycles. The van der Waals surface area contributed by atoms with Gasteiger partial charge in [0, 0.05) is 13.0 Å². The van der Waals surface area contributed by atoms with Gasteiger partial charge in [-0.1, -0.05) is 36.4 Å². The van der Waals surface area contributed by atoms with Crippen molar-refractivity contribution in [1.82, 2.24) is 0 Å². The fourth-order valence-corrected chi connectivity index (χ4v) is 3.82. The van der Waals surface area contributed by atoms with Crippen LogP contribution in [-0.4, -0.2) is 66.0 Å². The smallest absolute Gasteiger partial charge is 0.190 e. The molecule has 0 aromatic heterocycles. The molecule has 2 fully saturated rings. The van der Waals surface area contributed by atoms with E-state index in [2.05, 4.69) is 6.58 Å². The fraction of sp³-hybridized carbons (Fsp3) is 0.619. The number of fused-ring (bicyclic) bond motifs is 1. The zero-order valence-corrected chi connectivity index (χ0v) is 16.5. The van der Waals surface area contributed by atoms with Crippen LogP contribution in [-0.2, 0) is 30.3 Å². The number of aliphatic hydroxyl groups is 2. The minimum atomic E-state index is -1.14. The minimum Gasteiger partial charge on any atom is -0.394 e. The Balaban J connectivity index is 1.75. The average molecular weight is 394 g/mol. The number of benzene rings is 1. The van der Waals surface area contributed by atoms with E-state index in [9.17, 15) is 10.2 Å². The summed E-state index contributed by atoms with van der Waals surface area (Å²) in [6.45, 7) is 7.91. The van der Waals surface area contributed by atoms with Gasteiger partial charge in [-0.05, 0) is 19.4 Å². The summed E-state index contributed by atoms with van der Waals surface area (Å²) in [5, 5.41) is 19.9. The predicted octanol–water partition coefficient (Wildman–Crippen LogP) is 1.76. The van der Waals surface area contributed by atoms with Crippen LogP contribution < -0.4 is 0 Å². The lowest BCUT2D eigenvalue weighted by atomic mass is 9.86. The topological polar surface area (TPSA) is 86.6 Å². The fourth-order valence-electron chi connectivity index (χ4n) is 3.82. The van der Waals surface area contributed by atoms with Crippen LogP contribution in [0.3, 0.4) is 0 Å². The summed E-state index contributed by atoms with van der Waals surface area (Å²) in [5.74, 6) is -0.835. The van der Waals surface area contributed by atoms with E-state index >= 15 is 0 Å². The highest BCUT2D eigenvalue weighted by Gasteiger charge is 2.65. The van der Waals surface area contributed by atoms with Crippen molar-refractivity contribution >= 4 is 0 Å². The maximum Gasteiger partial charge on any atom is 0.190 e. The van der Waals surface area contributed by atoms with Crippen LogP contribution >= 0.6 is 0 Å². The van der Waals surface area contributed by atoms with E-state index in [1.165, 1.54) is 0 Å². The molecule has 2 N–H and O–H groups in total. The van der Waals surface area contributed by atoms with Crippen LogP contribution in [0.25, 0.3) is 0 Å². The zero-order chi connectivity index (χ0) is 20.2. The van der Waals surface area contributed by atoms with E-state index in [0.717, 1.165) is 5.56 Å². The van der Waals surface area contributed by atoms with Gasteiger partial charge in [-0.3, -0.25) is 0 Å². The molecule has 5 atom stereocenters. The van der Waals surface area contributed by atoms with Gasteiger partial charge in [0.25, 0.3) is 0 Å². The predicted molar refractivity (Wildman–Crippen MR) is 101 cm³/mol. The molecule has 0 radical (unpaired) electrons. The molecular weight excluding hydrogens is 364 g/mol. The number of hydrogen-bond acceptors (Lipinski definition) is 7. The summed E-state index contributed by atoms with van der Waals surface area (Å²) in [6.07, 6.45) is -1.18. The summed E-state index contributed by atoms with van der Waals surface area (Å²) in [4.78, 5) is 0. The lowest BCUT2D eigenvalue weighted by molar-refractivity contribution is -0.253. The molecule has 1 aromatic rings. The van der Waals surface area contributed by atoms with Crippen molar-refractivity contribution in [1.29, 1.82) is 0 Å². The SMILES string of the molecule is C=CCO[C@]1(CCOCc2ccccc2)[C@@H]([C@H](O)CO)O[C@@H]2OC(C)(C)O[C@@H]21. The first-order valence-electron chi connectivity index (χ1n) is 9.58. The van der Waals surface area contributed by atoms with Gasteiger partial charge in [-0.15, -0.1) is 6.58 Å². The van der Waals surface area contributed by atoms with Crippen molar-refractivity contribution in [2.75, 3.05) is 19.8 Å². The van der Waals surface area contributed by atoms with Crippen molar-refractivity contribution < 1.29 is 33.9 Å². The van der Waals surface area contributed by atoms with Crippen LogP contribution in [0.15, 0.2) is 43.0 Å². The van der Waals surface area contributed by atoms with Crippen LogP contribution in [0, 0.1) is 0 Å². The number of ether oxygens (including phenoxy) is 5. The van der Waals surface area contributed by atoms with Gasteiger partial charge in [0.1, 0.15) is 23.9 Å². The normalized spacial score (nSPS) is 32.2. The molecule has 156 valence electrons. The number of aliphatic hydroxyl groups excluding tert-OH is 2. The molecule has 28 heavy (non-hydrogen) atoms. The van der Waals surface area contributed by atoms with E-state index in [-0.39, 0.29) is 6.61 Å². The largest absolute Gasteiger partial charge is 0.394 e. The van der Waals surface area contributed by atoms with Gasteiger partial charge in [-0.2, -0.15) is 0 Å². The molecule has 0 amide bonds. The Hall–Kier alpha value is -1.32. The van der Waals surface area contributed by atoms with E-state index < -0.39 is 42.6 Å². The molecule has 1 aromatic carbocycles. The van der Waals surface area contributed by atoms with Gasteiger partial charge in [0.05, 0.1) is 19.8 Å². The minimum absolute atomic E-state index is 0.240. The third-order valence-corrected chi connectivity index (χ3v) is 5.06. The molecule has 2 aliphatic rings. The molecule has 7 nitrogen and oxygen atoms in total. The molecule has 3 rings (SSSR count). The molecule has 2 saturated heterocycles. The molecule has 0 saturated carbocycles. The third kappa shape index (κ3) is 4.46. The van der Waals surface area contributed by atoms with Gasteiger partial charge < -0.3 is 33.9 Å². The molecule has 7 heteroatoms. The Morgan fingerprint density at radius 1 is 1.25 bits per heavy atom. The lowest BCUT2D eigenvalue weighted by Gasteiger charge is -2.39. The van der Waals surface area contributed by atoms with Gasteiger partial charge in [0.2, 0.25) is 0 Å². The van der Waals surface area contributed by atoms with E-state index in [4.69, 9.17) is 23.7 Å². The highest BCUT2D eigenvalue weighted by Crippen LogP contribution is 2.47. The Morgan fingerprint density at radius 3 is 2.68 bits per heavy atom. The summed E-state index contributed by atoms with van der Waals surface area (Å²) in [6, 6.07) is 9.86. The van der Waals surface area contributed by atoms with Crippen LogP contribution in [0.1, 0.15) is 25.8 Å².